The molecule has 2 N–H and O–H groups in total. The zero-order valence-corrected chi connectivity index (χ0v) is 19.3. The Hall–Kier alpha value is -2.84. The van der Waals surface area contributed by atoms with Gasteiger partial charge in [-0.3, -0.25) is 9.69 Å². The Morgan fingerprint density at radius 2 is 1.72 bits per heavy atom. The average molecular weight is 509 g/mol. The van der Waals surface area contributed by atoms with E-state index in [4.69, 9.17) is 56.7 Å². The zero-order valence-electron chi connectivity index (χ0n) is 16.3. The third kappa shape index (κ3) is 4.00. The number of benzene rings is 2. The SMILES string of the molecule is Cc1nocc1C(=O)N(c1cnc(-c2cccc(Cl)c2Cl)c(N)n1)c1cccc(Cl)c1Cl. The first-order chi connectivity index (χ1) is 15.3. The number of nitrogens with zero attached hydrogens (tertiary/aromatic N) is 4. The molecule has 0 aliphatic carbocycles. The predicted molar refractivity (Wildman–Crippen MR) is 126 cm³/mol. The van der Waals surface area contributed by atoms with Crippen LogP contribution in [0.25, 0.3) is 11.3 Å². The highest BCUT2D eigenvalue weighted by Crippen LogP contribution is 2.39. The summed E-state index contributed by atoms with van der Waals surface area (Å²) in [5.41, 5.74) is 7.90. The van der Waals surface area contributed by atoms with Gasteiger partial charge in [-0.05, 0) is 25.1 Å². The maximum atomic E-state index is 13.4. The molecule has 0 bridgehead atoms. The van der Waals surface area contributed by atoms with Gasteiger partial charge in [-0.25, -0.2) is 9.97 Å². The fourth-order valence-corrected chi connectivity index (χ4v) is 3.79. The number of anilines is 3. The van der Waals surface area contributed by atoms with E-state index in [0.717, 1.165) is 0 Å². The Bertz CT molecular complexity index is 1340. The van der Waals surface area contributed by atoms with Gasteiger partial charge in [-0.2, -0.15) is 0 Å². The normalized spacial score (nSPS) is 10.9. The second kappa shape index (κ2) is 8.96. The molecular weight excluding hydrogens is 496 g/mol. The van der Waals surface area contributed by atoms with Crippen LogP contribution in [0.1, 0.15) is 16.1 Å². The second-order valence-corrected chi connectivity index (χ2v) is 8.16. The molecule has 4 aromatic rings. The minimum atomic E-state index is -0.504. The maximum Gasteiger partial charge on any atom is 0.269 e. The zero-order chi connectivity index (χ0) is 23.0. The smallest absolute Gasteiger partial charge is 0.269 e. The monoisotopic (exact) mass is 507 g/mol. The number of halogens is 4. The fourth-order valence-electron chi connectivity index (χ4n) is 3.02. The third-order valence-electron chi connectivity index (χ3n) is 4.58. The fraction of sp³-hybridized carbons (Fsp3) is 0.0476. The molecule has 2 aromatic heterocycles. The van der Waals surface area contributed by atoms with Crippen molar-refractivity contribution in [1.29, 1.82) is 0 Å². The molecule has 1 amide bonds. The van der Waals surface area contributed by atoms with Crippen molar-refractivity contribution in [2.45, 2.75) is 6.92 Å². The lowest BCUT2D eigenvalue weighted by Crippen LogP contribution is -2.28. The van der Waals surface area contributed by atoms with Crippen LogP contribution in [0.15, 0.2) is 53.4 Å². The summed E-state index contributed by atoms with van der Waals surface area (Å²) >= 11 is 25.0. The summed E-state index contributed by atoms with van der Waals surface area (Å²) in [4.78, 5) is 23.5. The summed E-state index contributed by atoms with van der Waals surface area (Å²) in [5, 5.41) is 4.81. The van der Waals surface area contributed by atoms with Gasteiger partial charge in [-0.15, -0.1) is 0 Å². The van der Waals surface area contributed by atoms with Crippen molar-refractivity contribution in [2.24, 2.45) is 0 Å². The molecule has 0 fully saturated rings. The molecule has 32 heavy (non-hydrogen) atoms. The predicted octanol–water partition coefficient (Wildman–Crippen LogP) is 6.61. The van der Waals surface area contributed by atoms with Crippen molar-refractivity contribution >= 4 is 69.6 Å². The summed E-state index contributed by atoms with van der Waals surface area (Å²) in [7, 11) is 0. The number of nitrogen functional groups attached to an aromatic ring is 1. The molecule has 0 atom stereocenters. The lowest BCUT2D eigenvalue weighted by atomic mass is 10.1. The molecule has 0 aliphatic rings. The largest absolute Gasteiger partial charge is 0.382 e. The highest BCUT2D eigenvalue weighted by atomic mass is 35.5. The molecule has 0 aliphatic heterocycles. The lowest BCUT2D eigenvalue weighted by Gasteiger charge is -2.23. The van der Waals surface area contributed by atoms with Crippen LogP contribution in [-0.4, -0.2) is 21.0 Å². The quantitative estimate of drug-likeness (QED) is 0.332. The molecule has 0 saturated heterocycles. The van der Waals surface area contributed by atoms with Crippen molar-refractivity contribution < 1.29 is 9.32 Å². The van der Waals surface area contributed by atoms with Crippen LogP contribution in [-0.2, 0) is 0 Å². The first-order valence-corrected chi connectivity index (χ1v) is 10.6. The second-order valence-electron chi connectivity index (χ2n) is 6.59. The summed E-state index contributed by atoms with van der Waals surface area (Å²) in [6, 6.07) is 9.95. The minimum Gasteiger partial charge on any atom is -0.382 e. The van der Waals surface area contributed by atoms with Crippen molar-refractivity contribution in [2.75, 3.05) is 10.6 Å². The van der Waals surface area contributed by atoms with E-state index in [9.17, 15) is 4.79 Å². The molecule has 2 aromatic carbocycles. The van der Waals surface area contributed by atoms with E-state index in [2.05, 4.69) is 15.1 Å². The molecule has 0 spiro atoms. The Morgan fingerprint density at radius 1 is 1.03 bits per heavy atom. The lowest BCUT2D eigenvalue weighted by molar-refractivity contribution is 0.0997. The van der Waals surface area contributed by atoms with Gasteiger partial charge in [-0.1, -0.05) is 69.8 Å². The summed E-state index contributed by atoms with van der Waals surface area (Å²) in [5.74, 6) is -0.362. The van der Waals surface area contributed by atoms with Crippen LogP contribution < -0.4 is 10.6 Å². The number of carbonyl (C=O) groups is 1. The highest BCUT2D eigenvalue weighted by molar-refractivity contribution is 6.44. The van der Waals surface area contributed by atoms with E-state index in [0.29, 0.717) is 22.0 Å². The van der Waals surface area contributed by atoms with Gasteiger partial charge < -0.3 is 10.3 Å². The van der Waals surface area contributed by atoms with Gasteiger partial charge in [0.25, 0.3) is 5.91 Å². The Morgan fingerprint density at radius 3 is 2.38 bits per heavy atom. The third-order valence-corrected chi connectivity index (χ3v) is 6.21. The van der Waals surface area contributed by atoms with Crippen LogP contribution in [0.5, 0.6) is 0 Å². The topological polar surface area (TPSA) is 98.1 Å². The number of aryl methyl sites for hydroxylation is 1. The Balaban J connectivity index is 1.88. The van der Waals surface area contributed by atoms with Crippen LogP contribution in [0.3, 0.4) is 0 Å². The van der Waals surface area contributed by atoms with E-state index in [1.807, 2.05) is 0 Å². The van der Waals surface area contributed by atoms with E-state index < -0.39 is 5.91 Å². The molecule has 0 radical (unpaired) electrons. The van der Waals surface area contributed by atoms with Gasteiger partial charge in [0, 0.05) is 5.56 Å². The van der Waals surface area contributed by atoms with Gasteiger partial charge >= 0.3 is 0 Å². The van der Waals surface area contributed by atoms with Gasteiger partial charge in [0.2, 0.25) is 0 Å². The van der Waals surface area contributed by atoms with E-state index in [-0.39, 0.29) is 38.0 Å². The number of hydrogen-bond donors (Lipinski definition) is 1. The molecule has 0 unspecified atom stereocenters. The Labute approximate surface area is 202 Å². The van der Waals surface area contributed by atoms with E-state index >= 15 is 0 Å². The highest BCUT2D eigenvalue weighted by Gasteiger charge is 2.28. The molecule has 4 rings (SSSR count). The van der Waals surface area contributed by atoms with Gasteiger partial charge in [0.15, 0.2) is 11.6 Å². The van der Waals surface area contributed by atoms with Crippen LogP contribution in [0, 0.1) is 6.92 Å². The van der Waals surface area contributed by atoms with Crippen LogP contribution in [0.2, 0.25) is 20.1 Å². The average Bonchev–Trinajstić information content (AvgIpc) is 3.19. The summed E-state index contributed by atoms with van der Waals surface area (Å²) in [6.07, 6.45) is 2.61. The van der Waals surface area contributed by atoms with E-state index in [1.165, 1.54) is 17.4 Å². The van der Waals surface area contributed by atoms with Crippen LogP contribution >= 0.6 is 46.4 Å². The van der Waals surface area contributed by atoms with Crippen LogP contribution in [0.4, 0.5) is 17.3 Å². The number of nitrogens with two attached hydrogens (primary N) is 1. The minimum absolute atomic E-state index is 0.0321. The number of aromatic nitrogens is 3. The molecule has 0 saturated carbocycles. The summed E-state index contributed by atoms with van der Waals surface area (Å²) < 4.78 is 4.92. The molecule has 2 heterocycles. The van der Waals surface area contributed by atoms with Crippen molar-refractivity contribution in [3.63, 3.8) is 0 Å². The van der Waals surface area contributed by atoms with E-state index in [1.54, 1.807) is 43.3 Å². The summed E-state index contributed by atoms with van der Waals surface area (Å²) in [6.45, 7) is 1.64. The van der Waals surface area contributed by atoms with Crippen molar-refractivity contribution in [1.82, 2.24) is 15.1 Å². The van der Waals surface area contributed by atoms with Gasteiger partial charge in [0.1, 0.15) is 17.5 Å². The molecule has 162 valence electrons. The Kier molecular flexibility index (Phi) is 6.26. The first kappa shape index (κ1) is 22.4. The maximum absolute atomic E-state index is 13.4. The number of amides is 1. The molecule has 7 nitrogen and oxygen atoms in total. The number of rotatable bonds is 4. The molecule has 11 heteroatoms. The first-order valence-electron chi connectivity index (χ1n) is 9.06. The van der Waals surface area contributed by atoms with Crippen molar-refractivity contribution in [3.05, 3.63) is 80.2 Å². The standard InChI is InChI=1S/C21H13Cl4N5O2/c1-10-12(9-32-29-10)21(31)30(15-7-3-6-14(23)18(15)25)16-8-27-19(20(26)28-16)11-4-2-5-13(22)17(11)24/h2-9H,1H3,(H2,26,28). The van der Waals surface area contributed by atoms with Crippen molar-refractivity contribution in [3.8, 4) is 11.3 Å². The number of carbonyl (C=O) groups excluding carboxylic acids is 1. The number of hydrogen-bond acceptors (Lipinski definition) is 6. The van der Waals surface area contributed by atoms with Gasteiger partial charge in [0.05, 0.1) is 37.7 Å². The molecular formula is C21H13Cl4N5O2.